The first kappa shape index (κ1) is 21.0. The predicted molar refractivity (Wildman–Crippen MR) is 117 cm³/mol. The number of rotatable bonds is 7. The number of nitrogens with zero attached hydrogens (tertiary/aromatic N) is 2. The maximum Gasteiger partial charge on any atom is 0.266 e. The van der Waals surface area contributed by atoms with E-state index in [9.17, 15) is 4.79 Å². The molecule has 1 aliphatic heterocycles. The van der Waals surface area contributed by atoms with Gasteiger partial charge in [0.25, 0.3) is 5.91 Å². The number of hydrogen-bond donors (Lipinski definition) is 0. The Labute approximate surface area is 175 Å². The monoisotopic (exact) mass is 412 g/mol. The number of ether oxygens (including phenoxy) is 3. The number of hydrogen-bond acceptors (Lipinski definition) is 6. The van der Waals surface area contributed by atoms with Crippen molar-refractivity contribution in [1.82, 2.24) is 4.90 Å². The molecule has 0 aromatic heterocycles. The Balaban J connectivity index is 1.98. The smallest absolute Gasteiger partial charge is 0.266 e. The average Bonchev–Trinajstić information content (AvgIpc) is 3.02. The summed E-state index contributed by atoms with van der Waals surface area (Å²) in [6.07, 6.45) is 1.87. The molecule has 2 aromatic carbocycles. The molecule has 0 saturated carbocycles. The highest BCUT2D eigenvalue weighted by Gasteiger charge is 2.33. The highest BCUT2D eigenvalue weighted by atomic mass is 32.2. The van der Waals surface area contributed by atoms with E-state index in [-0.39, 0.29) is 5.91 Å². The molecule has 0 spiro atoms. The Hall–Kier alpha value is -2.77. The van der Waals surface area contributed by atoms with Crippen LogP contribution in [0.5, 0.6) is 11.5 Å². The van der Waals surface area contributed by atoms with Crippen LogP contribution < -0.4 is 9.47 Å². The average molecular weight is 413 g/mol. The molecule has 1 amide bonds. The van der Waals surface area contributed by atoms with E-state index < -0.39 is 0 Å². The number of amides is 1. The number of methoxy groups -OCH3 is 3. The lowest BCUT2D eigenvalue weighted by atomic mass is 10.1. The molecule has 0 atom stereocenters. The van der Waals surface area contributed by atoms with Gasteiger partial charge in [-0.3, -0.25) is 9.69 Å². The van der Waals surface area contributed by atoms with Gasteiger partial charge in [0.05, 0.1) is 38.0 Å². The number of aryl methyl sites for hydroxylation is 1. The Kier molecular flexibility index (Phi) is 6.95. The number of para-hydroxylation sites is 1. The maximum absolute atomic E-state index is 13.0. The van der Waals surface area contributed by atoms with Gasteiger partial charge >= 0.3 is 0 Å². The molecule has 29 heavy (non-hydrogen) atoms. The first-order valence-corrected chi connectivity index (χ1v) is 9.95. The predicted octanol–water partition coefficient (Wildman–Crippen LogP) is 4.26. The van der Waals surface area contributed by atoms with Gasteiger partial charge in [-0.25, -0.2) is 4.99 Å². The highest BCUT2D eigenvalue weighted by Crippen LogP contribution is 2.36. The molecular formula is C22H24N2O4S. The van der Waals surface area contributed by atoms with Gasteiger partial charge in [0.2, 0.25) is 0 Å². The second kappa shape index (κ2) is 9.62. The van der Waals surface area contributed by atoms with Gasteiger partial charge in [-0.15, -0.1) is 0 Å². The summed E-state index contributed by atoms with van der Waals surface area (Å²) in [5.74, 6) is 1.19. The minimum atomic E-state index is -0.0871. The Morgan fingerprint density at radius 3 is 2.41 bits per heavy atom. The van der Waals surface area contributed by atoms with Crippen molar-refractivity contribution in [2.75, 3.05) is 34.5 Å². The minimum Gasteiger partial charge on any atom is -0.493 e. The second-order valence-electron chi connectivity index (χ2n) is 6.35. The minimum absolute atomic E-state index is 0.0871. The lowest BCUT2D eigenvalue weighted by Crippen LogP contribution is -2.32. The number of carbonyl (C=O) groups excluding carboxylic acids is 1. The summed E-state index contributed by atoms with van der Waals surface area (Å²) in [4.78, 5) is 20.0. The Morgan fingerprint density at radius 1 is 1.07 bits per heavy atom. The van der Waals surface area contributed by atoms with E-state index in [1.54, 1.807) is 26.2 Å². The quantitative estimate of drug-likeness (QED) is 0.636. The summed E-state index contributed by atoms with van der Waals surface area (Å²) < 4.78 is 15.9. The van der Waals surface area contributed by atoms with Gasteiger partial charge in [0.1, 0.15) is 0 Å². The number of aliphatic imine (C=N–C) groups is 1. The maximum atomic E-state index is 13.0. The standard InChI is InChI=1S/C22H24N2O4S/c1-15-12-18(27-3)19(28-4)13-16(15)14-20-21(25)24(10-11-26-2)22(29-20)23-17-8-6-5-7-9-17/h5-9,12-14H,10-11H2,1-4H3. The second-order valence-corrected chi connectivity index (χ2v) is 7.36. The molecule has 7 heteroatoms. The van der Waals surface area contributed by atoms with Crippen LogP contribution in [0, 0.1) is 6.92 Å². The molecule has 1 heterocycles. The van der Waals surface area contributed by atoms with Gasteiger partial charge in [0, 0.05) is 7.11 Å². The van der Waals surface area contributed by atoms with Crippen LogP contribution in [0.15, 0.2) is 52.4 Å². The van der Waals surface area contributed by atoms with Crippen molar-refractivity contribution in [3.63, 3.8) is 0 Å². The van der Waals surface area contributed by atoms with Gasteiger partial charge in [-0.05, 0) is 60.2 Å². The zero-order valence-electron chi connectivity index (χ0n) is 17.0. The largest absolute Gasteiger partial charge is 0.493 e. The van der Waals surface area contributed by atoms with Crippen LogP contribution in [0.1, 0.15) is 11.1 Å². The molecule has 6 nitrogen and oxygen atoms in total. The molecule has 0 radical (unpaired) electrons. The molecule has 1 aliphatic rings. The van der Waals surface area contributed by atoms with Gasteiger partial charge in [0.15, 0.2) is 16.7 Å². The zero-order valence-corrected chi connectivity index (χ0v) is 17.8. The van der Waals surface area contributed by atoms with Crippen LogP contribution in [0.4, 0.5) is 5.69 Å². The third-order valence-electron chi connectivity index (χ3n) is 4.45. The van der Waals surface area contributed by atoms with Crippen molar-refractivity contribution in [3.05, 3.63) is 58.5 Å². The summed E-state index contributed by atoms with van der Waals surface area (Å²) in [5, 5.41) is 0.641. The number of carbonyl (C=O) groups is 1. The van der Waals surface area contributed by atoms with Crippen molar-refractivity contribution in [2.24, 2.45) is 4.99 Å². The molecule has 3 rings (SSSR count). The molecule has 152 valence electrons. The normalized spacial score (nSPS) is 16.7. The molecule has 0 bridgehead atoms. The van der Waals surface area contributed by atoms with Crippen molar-refractivity contribution in [3.8, 4) is 11.5 Å². The molecule has 0 N–H and O–H groups in total. The van der Waals surface area contributed by atoms with Crippen LogP contribution in [-0.4, -0.2) is 50.5 Å². The molecule has 0 unspecified atom stereocenters. The summed E-state index contributed by atoms with van der Waals surface area (Å²) in [7, 11) is 4.81. The van der Waals surface area contributed by atoms with E-state index in [0.717, 1.165) is 16.8 Å². The SMILES string of the molecule is COCCN1C(=O)C(=Cc2cc(OC)c(OC)cc2C)SC1=Nc1ccccc1. The third-order valence-corrected chi connectivity index (χ3v) is 5.45. The van der Waals surface area contributed by atoms with Crippen molar-refractivity contribution in [1.29, 1.82) is 0 Å². The first-order valence-electron chi connectivity index (χ1n) is 9.14. The van der Waals surface area contributed by atoms with E-state index >= 15 is 0 Å². The lowest BCUT2D eigenvalue weighted by molar-refractivity contribution is -0.122. The third kappa shape index (κ3) is 4.81. The number of benzene rings is 2. The fourth-order valence-electron chi connectivity index (χ4n) is 2.88. The van der Waals surface area contributed by atoms with E-state index in [4.69, 9.17) is 14.2 Å². The molecular weight excluding hydrogens is 388 g/mol. The summed E-state index contributed by atoms with van der Waals surface area (Å²) >= 11 is 1.36. The van der Waals surface area contributed by atoms with Crippen LogP contribution in [-0.2, 0) is 9.53 Å². The molecule has 2 aromatic rings. The van der Waals surface area contributed by atoms with E-state index in [1.165, 1.54) is 11.8 Å². The first-order chi connectivity index (χ1) is 14.1. The summed E-state index contributed by atoms with van der Waals surface area (Å²) in [6, 6.07) is 13.4. The fourth-order valence-corrected chi connectivity index (χ4v) is 3.89. The fraction of sp³-hybridized carbons (Fsp3) is 0.273. The Bertz CT molecular complexity index is 941. The van der Waals surface area contributed by atoms with Crippen LogP contribution in [0.3, 0.4) is 0 Å². The Morgan fingerprint density at radius 2 is 1.76 bits per heavy atom. The van der Waals surface area contributed by atoms with E-state index in [0.29, 0.717) is 34.7 Å². The summed E-state index contributed by atoms with van der Waals surface area (Å²) in [5.41, 5.74) is 2.68. The van der Waals surface area contributed by atoms with Crippen molar-refractivity contribution < 1.29 is 19.0 Å². The number of thioether (sulfide) groups is 1. The van der Waals surface area contributed by atoms with Crippen LogP contribution >= 0.6 is 11.8 Å². The molecule has 0 aliphatic carbocycles. The van der Waals surface area contributed by atoms with Crippen molar-refractivity contribution in [2.45, 2.75) is 6.92 Å². The zero-order chi connectivity index (χ0) is 20.8. The van der Waals surface area contributed by atoms with Crippen LogP contribution in [0.25, 0.3) is 6.08 Å². The van der Waals surface area contributed by atoms with E-state index in [2.05, 4.69) is 4.99 Å². The van der Waals surface area contributed by atoms with E-state index in [1.807, 2.05) is 55.5 Å². The van der Waals surface area contributed by atoms with Crippen molar-refractivity contribution >= 4 is 34.6 Å². The summed E-state index contributed by atoms with van der Waals surface area (Å²) in [6.45, 7) is 2.85. The topological polar surface area (TPSA) is 60.4 Å². The highest BCUT2D eigenvalue weighted by molar-refractivity contribution is 8.18. The molecule has 1 saturated heterocycles. The van der Waals surface area contributed by atoms with Gasteiger partial charge in [-0.1, -0.05) is 18.2 Å². The lowest BCUT2D eigenvalue weighted by Gasteiger charge is -2.14. The van der Waals surface area contributed by atoms with Crippen LogP contribution in [0.2, 0.25) is 0 Å². The number of amidine groups is 1. The van der Waals surface area contributed by atoms with Gasteiger partial charge in [-0.2, -0.15) is 0 Å². The molecule has 1 fully saturated rings. The van der Waals surface area contributed by atoms with Gasteiger partial charge < -0.3 is 14.2 Å².